The Labute approximate surface area is 117 Å². The Kier molecular flexibility index (Phi) is 7.34. The van der Waals surface area contributed by atoms with Gasteiger partial charge in [-0.3, -0.25) is 0 Å². The molecule has 3 nitrogen and oxygen atoms in total. The first-order valence-corrected chi connectivity index (χ1v) is 7.21. The minimum absolute atomic E-state index is 0.409. The molecule has 0 fully saturated rings. The lowest BCUT2D eigenvalue weighted by Gasteiger charge is -2.24. The Hall–Kier alpha value is -1.22. The zero-order chi connectivity index (χ0) is 14.1. The highest BCUT2D eigenvalue weighted by molar-refractivity contribution is 5.31. The van der Waals surface area contributed by atoms with E-state index in [9.17, 15) is 0 Å². The molecule has 0 aliphatic heterocycles. The molecule has 2 atom stereocenters. The number of nitrogens with one attached hydrogen (secondary N) is 1. The minimum Gasteiger partial charge on any atom is -0.497 e. The standard InChI is InChI=1S/C16H27NO2/c1-5-11-17-16(13(3)6-2)12-19-15-9-7-14(18-4)8-10-15/h7-10,13,16-17H,5-6,11-12H2,1-4H3. The summed E-state index contributed by atoms with van der Waals surface area (Å²) in [6, 6.07) is 8.16. The number of rotatable bonds is 9. The van der Waals surface area contributed by atoms with Crippen LogP contribution in [-0.2, 0) is 0 Å². The third-order valence-corrected chi connectivity index (χ3v) is 3.48. The summed E-state index contributed by atoms with van der Waals surface area (Å²) in [6.07, 6.45) is 2.31. The zero-order valence-electron chi connectivity index (χ0n) is 12.6. The Morgan fingerprint density at radius 2 is 1.74 bits per heavy atom. The molecule has 1 aromatic carbocycles. The summed E-state index contributed by atoms with van der Waals surface area (Å²) in [5.41, 5.74) is 0. The second-order valence-corrected chi connectivity index (χ2v) is 4.93. The van der Waals surface area contributed by atoms with Gasteiger partial charge in [-0.1, -0.05) is 27.2 Å². The monoisotopic (exact) mass is 265 g/mol. The summed E-state index contributed by atoms with van der Waals surface area (Å²) in [6.45, 7) is 8.43. The molecule has 0 bridgehead atoms. The Balaban J connectivity index is 2.49. The average Bonchev–Trinajstić information content (AvgIpc) is 2.47. The van der Waals surface area contributed by atoms with E-state index in [-0.39, 0.29) is 0 Å². The predicted molar refractivity (Wildman–Crippen MR) is 80.0 cm³/mol. The average molecular weight is 265 g/mol. The summed E-state index contributed by atoms with van der Waals surface area (Å²) in [5.74, 6) is 2.37. The molecule has 0 aromatic heterocycles. The third kappa shape index (κ3) is 5.52. The first-order valence-electron chi connectivity index (χ1n) is 7.21. The van der Waals surface area contributed by atoms with Crippen LogP contribution < -0.4 is 14.8 Å². The smallest absolute Gasteiger partial charge is 0.119 e. The van der Waals surface area contributed by atoms with E-state index in [2.05, 4.69) is 26.1 Å². The van der Waals surface area contributed by atoms with Gasteiger partial charge in [0, 0.05) is 6.04 Å². The fourth-order valence-electron chi connectivity index (χ4n) is 1.90. The fourth-order valence-corrected chi connectivity index (χ4v) is 1.90. The highest BCUT2D eigenvalue weighted by Gasteiger charge is 2.15. The first-order chi connectivity index (χ1) is 9.21. The van der Waals surface area contributed by atoms with Crippen molar-refractivity contribution in [3.63, 3.8) is 0 Å². The van der Waals surface area contributed by atoms with E-state index in [1.807, 2.05) is 24.3 Å². The highest BCUT2D eigenvalue weighted by Crippen LogP contribution is 2.18. The highest BCUT2D eigenvalue weighted by atomic mass is 16.5. The molecule has 0 aliphatic carbocycles. The topological polar surface area (TPSA) is 30.5 Å². The third-order valence-electron chi connectivity index (χ3n) is 3.48. The lowest BCUT2D eigenvalue weighted by molar-refractivity contribution is 0.220. The molecule has 0 radical (unpaired) electrons. The van der Waals surface area contributed by atoms with Crippen LogP contribution in [0.25, 0.3) is 0 Å². The number of hydrogen-bond donors (Lipinski definition) is 1. The number of ether oxygens (including phenoxy) is 2. The molecule has 108 valence electrons. The summed E-state index contributed by atoms with van der Waals surface area (Å²) in [4.78, 5) is 0. The van der Waals surface area contributed by atoms with Gasteiger partial charge in [-0.05, 0) is 43.1 Å². The van der Waals surface area contributed by atoms with Crippen LogP contribution in [0, 0.1) is 5.92 Å². The van der Waals surface area contributed by atoms with Crippen LogP contribution in [0.1, 0.15) is 33.6 Å². The van der Waals surface area contributed by atoms with Crippen molar-refractivity contribution in [1.29, 1.82) is 0 Å². The van der Waals surface area contributed by atoms with E-state index in [1.165, 1.54) is 0 Å². The molecular weight excluding hydrogens is 238 g/mol. The minimum atomic E-state index is 0.409. The van der Waals surface area contributed by atoms with E-state index < -0.39 is 0 Å². The number of methoxy groups -OCH3 is 1. The van der Waals surface area contributed by atoms with Crippen LogP contribution >= 0.6 is 0 Å². The van der Waals surface area contributed by atoms with Crippen molar-refractivity contribution in [3.8, 4) is 11.5 Å². The van der Waals surface area contributed by atoms with Crippen molar-refractivity contribution >= 4 is 0 Å². The van der Waals surface area contributed by atoms with Crippen LogP contribution in [0.3, 0.4) is 0 Å². The molecule has 19 heavy (non-hydrogen) atoms. The maximum atomic E-state index is 5.87. The van der Waals surface area contributed by atoms with Gasteiger partial charge >= 0.3 is 0 Å². The summed E-state index contributed by atoms with van der Waals surface area (Å²) < 4.78 is 11.0. The van der Waals surface area contributed by atoms with Crippen LogP contribution in [0.4, 0.5) is 0 Å². The lowest BCUT2D eigenvalue weighted by Crippen LogP contribution is -2.40. The molecule has 3 heteroatoms. The van der Waals surface area contributed by atoms with Crippen LogP contribution in [-0.4, -0.2) is 26.3 Å². The second kappa shape index (κ2) is 8.81. The molecule has 1 aromatic rings. The van der Waals surface area contributed by atoms with Crippen molar-refractivity contribution < 1.29 is 9.47 Å². The first kappa shape index (κ1) is 15.8. The van der Waals surface area contributed by atoms with Gasteiger partial charge < -0.3 is 14.8 Å². The second-order valence-electron chi connectivity index (χ2n) is 4.93. The van der Waals surface area contributed by atoms with Gasteiger partial charge in [0.2, 0.25) is 0 Å². The Morgan fingerprint density at radius 3 is 2.26 bits per heavy atom. The summed E-state index contributed by atoms with van der Waals surface area (Å²) >= 11 is 0. The largest absolute Gasteiger partial charge is 0.497 e. The molecule has 0 saturated heterocycles. The number of hydrogen-bond acceptors (Lipinski definition) is 3. The lowest BCUT2D eigenvalue weighted by atomic mass is 10.00. The van der Waals surface area contributed by atoms with Gasteiger partial charge in [-0.25, -0.2) is 0 Å². The van der Waals surface area contributed by atoms with Crippen molar-refractivity contribution in [2.75, 3.05) is 20.3 Å². The SMILES string of the molecule is CCCNC(COc1ccc(OC)cc1)C(C)CC. The van der Waals surface area contributed by atoms with E-state index in [0.717, 1.165) is 30.9 Å². The fraction of sp³-hybridized carbons (Fsp3) is 0.625. The van der Waals surface area contributed by atoms with Gasteiger partial charge in [-0.2, -0.15) is 0 Å². The molecule has 0 amide bonds. The molecule has 0 saturated carbocycles. The molecule has 0 aliphatic rings. The van der Waals surface area contributed by atoms with E-state index in [0.29, 0.717) is 18.6 Å². The maximum absolute atomic E-state index is 5.87. The van der Waals surface area contributed by atoms with E-state index in [4.69, 9.17) is 9.47 Å². The normalized spacial score (nSPS) is 13.9. The van der Waals surface area contributed by atoms with E-state index in [1.54, 1.807) is 7.11 Å². The van der Waals surface area contributed by atoms with Crippen LogP contribution in [0.2, 0.25) is 0 Å². The summed E-state index contributed by atoms with van der Waals surface area (Å²) in [7, 11) is 1.67. The van der Waals surface area contributed by atoms with Crippen molar-refractivity contribution in [3.05, 3.63) is 24.3 Å². The van der Waals surface area contributed by atoms with Crippen molar-refractivity contribution in [1.82, 2.24) is 5.32 Å². The zero-order valence-corrected chi connectivity index (χ0v) is 12.6. The van der Waals surface area contributed by atoms with Gasteiger partial charge in [0.1, 0.15) is 18.1 Å². The molecule has 2 unspecified atom stereocenters. The maximum Gasteiger partial charge on any atom is 0.119 e. The van der Waals surface area contributed by atoms with Crippen molar-refractivity contribution in [2.45, 2.75) is 39.7 Å². The Morgan fingerprint density at radius 1 is 1.11 bits per heavy atom. The Bertz CT molecular complexity index is 337. The molecular formula is C16H27NO2. The van der Waals surface area contributed by atoms with E-state index >= 15 is 0 Å². The molecule has 0 spiro atoms. The number of benzene rings is 1. The summed E-state index contributed by atoms with van der Waals surface area (Å²) in [5, 5.41) is 3.56. The quantitative estimate of drug-likeness (QED) is 0.741. The van der Waals surface area contributed by atoms with Crippen LogP contribution in [0.5, 0.6) is 11.5 Å². The molecule has 0 heterocycles. The molecule has 1 rings (SSSR count). The predicted octanol–water partition coefficient (Wildman–Crippen LogP) is 3.49. The molecule has 1 N–H and O–H groups in total. The van der Waals surface area contributed by atoms with Gasteiger partial charge in [0.25, 0.3) is 0 Å². The van der Waals surface area contributed by atoms with Gasteiger partial charge in [0.05, 0.1) is 7.11 Å². The van der Waals surface area contributed by atoms with Gasteiger partial charge in [0.15, 0.2) is 0 Å². The van der Waals surface area contributed by atoms with Gasteiger partial charge in [-0.15, -0.1) is 0 Å². The van der Waals surface area contributed by atoms with Crippen LogP contribution in [0.15, 0.2) is 24.3 Å². The van der Waals surface area contributed by atoms with Crippen molar-refractivity contribution in [2.24, 2.45) is 5.92 Å².